The summed E-state index contributed by atoms with van der Waals surface area (Å²) in [5, 5.41) is 2.19. The molecule has 38 heavy (non-hydrogen) atoms. The second kappa shape index (κ2) is 11.8. The van der Waals surface area contributed by atoms with Gasteiger partial charge in [-0.2, -0.15) is 8.42 Å². The molecule has 0 unspecified atom stereocenters. The van der Waals surface area contributed by atoms with Crippen LogP contribution in [-0.2, 0) is 28.2 Å². The number of hydrogen-bond acceptors (Lipinski definition) is 6. The Kier molecular flexibility index (Phi) is 8.91. The molecule has 8 heteroatoms. The fourth-order valence-corrected chi connectivity index (χ4v) is 10.8. The molecule has 0 bridgehead atoms. The van der Waals surface area contributed by atoms with Gasteiger partial charge in [0.2, 0.25) is 0 Å². The Hall–Kier alpha value is -2.33. The van der Waals surface area contributed by atoms with Crippen LogP contribution in [0.25, 0.3) is 0 Å². The lowest BCUT2D eigenvalue weighted by molar-refractivity contribution is -0.206. The Bertz CT molecular complexity index is 1230. The molecule has 0 saturated carbocycles. The van der Waals surface area contributed by atoms with E-state index in [1.165, 1.54) is 10.4 Å². The molecule has 1 aliphatic heterocycles. The van der Waals surface area contributed by atoms with Crippen molar-refractivity contribution in [3.8, 4) is 0 Å². The van der Waals surface area contributed by atoms with Crippen molar-refractivity contribution in [3.05, 3.63) is 90.5 Å². The van der Waals surface area contributed by atoms with E-state index in [2.05, 4.69) is 69.3 Å². The van der Waals surface area contributed by atoms with Crippen molar-refractivity contribution in [2.75, 3.05) is 13.7 Å². The van der Waals surface area contributed by atoms with E-state index in [-0.39, 0.29) is 22.6 Å². The molecule has 3 aromatic rings. The van der Waals surface area contributed by atoms with E-state index in [0.29, 0.717) is 12.8 Å². The average molecular weight is 555 g/mol. The number of aryl methyl sites for hydroxylation is 1. The monoisotopic (exact) mass is 554 g/mol. The van der Waals surface area contributed by atoms with Crippen molar-refractivity contribution in [3.63, 3.8) is 0 Å². The molecule has 3 atom stereocenters. The van der Waals surface area contributed by atoms with E-state index in [9.17, 15) is 8.42 Å². The minimum atomic E-state index is -3.92. The topological polar surface area (TPSA) is 71.1 Å². The first-order valence-electron chi connectivity index (χ1n) is 13.0. The van der Waals surface area contributed by atoms with Crippen molar-refractivity contribution < 1.29 is 26.5 Å². The van der Waals surface area contributed by atoms with Gasteiger partial charge in [0.25, 0.3) is 18.4 Å². The van der Waals surface area contributed by atoms with Gasteiger partial charge in [0.05, 0.1) is 23.7 Å². The van der Waals surface area contributed by atoms with Crippen LogP contribution in [0.2, 0.25) is 5.04 Å². The second-order valence-corrected chi connectivity index (χ2v) is 16.7. The van der Waals surface area contributed by atoms with Gasteiger partial charge in [-0.25, -0.2) is 0 Å². The van der Waals surface area contributed by atoms with E-state index in [1.807, 2.05) is 19.1 Å². The molecule has 0 radical (unpaired) electrons. The largest absolute Gasteiger partial charge is 0.404 e. The maximum Gasteiger partial charge on any atom is 0.297 e. The van der Waals surface area contributed by atoms with Gasteiger partial charge in [-0.1, -0.05) is 99.1 Å². The van der Waals surface area contributed by atoms with Crippen LogP contribution < -0.4 is 10.4 Å². The maximum atomic E-state index is 12.8. The molecule has 1 saturated heterocycles. The molecule has 1 heterocycles. The Morgan fingerprint density at radius 1 is 0.868 bits per heavy atom. The molecule has 0 amide bonds. The Labute approximate surface area is 228 Å². The summed E-state index contributed by atoms with van der Waals surface area (Å²) >= 11 is 0. The number of rotatable bonds is 9. The molecule has 3 aromatic carbocycles. The van der Waals surface area contributed by atoms with Gasteiger partial charge < -0.3 is 13.9 Å². The van der Waals surface area contributed by atoms with Gasteiger partial charge in [0, 0.05) is 20.0 Å². The lowest BCUT2D eigenvalue weighted by Gasteiger charge is -2.47. The van der Waals surface area contributed by atoms with Gasteiger partial charge in [0.1, 0.15) is 0 Å². The molecule has 4 rings (SSSR count). The fourth-order valence-electron chi connectivity index (χ4n) is 5.16. The van der Waals surface area contributed by atoms with Gasteiger partial charge in [-0.15, -0.1) is 0 Å². The third kappa shape index (κ3) is 6.27. The lowest BCUT2D eigenvalue weighted by Crippen LogP contribution is -2.68. The van der Waals surface area contributed by atoms with Crippen LogP contribution in [0.1, 0.15) is 39.2 Å². The summed E-state index contributed by atoms with van der Waals surface area (Å²) in [4.78, 5) is 0.127. The van der Waals surface area contributed by atoms with E-state index >= 15 is 0 Å². The predicted octanol–water partition coefficient (Wildman–Crippen LogP) is 4.80. The van der Waals surface area contributed by atoms with Gasteiger partial charge in [-0.05, 0) is 34.5 Å². The summed E-state index contributed by atoms with van der Waals surface area (Å²) in [6, 6.07) is 27.5. The molecule has 204 valence electrons. The summed E-state index contributed by atoms with van der Waals surface area (Å²) in [6.07, 6.45) is -0.203. The zero-order valence-corrected chi connectivity index (χ0v) is 24.6. The minimum absolute atomic E-state index is 0.114. The van der Waals surface area contributed by atoms with E-state index < -0.39 is 30.8 Å². The molecule has 0 aliphatic carbocycles. The molecular weight excluding hydrogens is 516 g/mol. The molecule has 0 spiro atoms. The normalized spacial score (nSPS) is 20.8. The number of hydrogen-bond donors (Lipinski definition) is 0. The summed E-state index contributed by atoms with van der Waals surface area (Å²) in [6.45, 7) is 8.50. The van der Waals surface area contributed by atoms with Gasteiger partial charge in [-0.3, -0.25) is 4.18 Å². The molecular formula is C30H38O6SSi. The van der Waals surface area contributed by atoms with Crippen LogP contribution >= 0.6 is 0 Å². The van der Waals surface area contributed by atoms with Crippen molar-refractivity contribution in [1.29, 1.82) is 0 Å². The Morgan fingerprint density at radius 2 is 1.42 bits per heavy atom. The van der Waals surface area contributed by atoms with Gasteiger partial charge in [0.15, 0.2) is 6.29 Å². The number of benzene rings is 3. The van der Waals surface area contributed by atoms with Crippen LogP contribution in [0.5, 0.6) is 0 Å². The molecule has 0 aromatic heterocycles. The van der Waals surface area contributed by atoms with Gasteiger partial charge >= 0.3 is 0 Å². The summed E-state index contributed by atoms with van der Waals surface area (Å²) in [5.41, 5.74) is 0.978. The SMILES string of the molecule is CO[C@H]1C[C@H](O[Si](c2ccccc2)(c2ccccc2)C(C)(C)C)C[C@@H](COS(=O)(=O)c2ccc(C)cc2)O1. The number of ether oxygens (including phenoxy) is 2. The summed E-state index contributed by atoms with van der Waals surface area (Å²) in [7, 11) is -5.12. The van der Waals surface area contributed by atoms with Crippen molar-refractivity contribution >= 4 is 28.8 Å². The van der Waals surface area contributed by atoms with E-state index in [0.717, 1.165) is 5.56 Å². The van der Waals surface area contributed by atoms with Crippen LogP contribution in [0, 0.1) is 6.92 Å². The Balaban J connectivity index is 1.62. The summed E-state index contributed by atoms with van der Waals surface area (Å²) in [5.74, 6) is 0. The first-order chi connectivity index (χ1) is 18.0. The third-order valence-electron chi connectivity index (χ3n) is 7.07. The highest BCUT2D eigenvalue weighted by Gasteiger charge is 2.52. The third-order valence-corrected chi connectivity index (χ3v) is 13.5. The molecule has 6 nitrogen and oxygen atoms in total. The highest BCUT2D eigenvalue weighted by molar-refractivity contribution is 7.86. The average Bonchev–Trinajstić information content (AvgIpc) is 2.91. The van der Waals surface area contributed by atoms with Crippen LogP contribution in [-0.4, -0.2) is 48.9 Å². The first kappa shape index (κ1) is 28.7. The fraction of sp³-hybridized carbons (Fsp3) is 0.400. The second-order valence-electron chi connectivity index (χ2n) is 10.8. The summed E-state index contributed by atoms with van der Waals surface area (Å²) < 4.78 is 50.0. The molecule has 0 N–H and O–H groups in total. The van der Waals surface area contributed by atoms with Crippen LogP contribution in [0.4, 0.5) is 0 Å². The zero-order valence-electron chi connectivity index (χ0n) is 22.8. The van der Waals surface area contributed by atoms with Crippen molar-refractivity contribution in [2.24, 2.45) is 0 Å². The quantitative estimate of drug-likeness (QED) is 0.280. The molecule has 1 fully saturated rings. The standard InChI is InChI=1S/C30H38O6SSi/c1-23-16-18-26(19-17-23)37(31,32)34-22-25-20-24(21-29(33-5)35-25)36-38(30(2,3)4,27-12-8-6-9-13-27)28-14-10-7-11-15-28/h6-19,24-25,29H,20-22H2,1-5H3/t24-,25+,29-/m1/s1. The highest BCUT2D eigenvalue weighted by atomic mass is 32.2. The molecule has 1 aliphatic rings. The van der Waals surface area contributed by atoms with E-state index in [4.69, 9.17) is 18.1 Å². The van der Waals surface area contributed by atoms with Crippen LogP contribution in [0.3, 0.4) is 0 Å². The highest BCUT2D eigenvalue weighted by Crippen LogP contribution is 2.39. The minimum Gasteiger partial charge on any atom is -0.404 e. The Morgan fingerprint density at radius 3 is 1.92 bits per heavy atom. The van der Waals surface area contributed by atoms with E-state index in [1.54, 1.807) is 31.4 Å². The first-order valence-corrected chi connectivity index (χ1v) is 16.3. The number of methoxy groups -OCH3 is 1. The maximum absolute atomic E-state index is 12.8. The zero-order chi connectivity index (χ0) is 27.4. The predicted molar refractivity (Wildman–Crippen MR) is 152 cm³/mol. The van der Waals surface area contributed by atoms with Crippen molar-refractivity contribution in [1.82, 2.24) is 0 Å². The lowest BCUT2D eigenvalue weighted by atomic mass is 10.1. The smallest absolute Gasteiger partial charge is 0.297 e. The van der Waals surface area contributed by atoms with Crippen LogP contribution in [0.15, 0.2) is 89.8 Å². The van der Waals surface area contributed by atoms with Crippen molar-refractivity contribution in [2.45, 2.75) is 69.0 Å².